The Kier molecular flexibility index (Phi) is 3.64. The molecule has 0 heterocycles. The zero-order valence-corrected chi connectivity index (χ0v) is 9.02. The van der Waals surface area contributed by atoms with E-state index in [2.05, 4.69) is 35.9 Å². The molecule has 1 rings (SSSR count). The lowest BCUT2D eigenvalue weighted by Gasteiger charge is -2.24. The fraction of sp³-hybridized carbons (Fsp3) is 0.800. The van der Waals surface area contributed by atoms with Gasteiger partial charge in [0.05, 0.1) is 0 Å². The minimum absolute atomic E-state index is 0.847. The van der Waals surface area contributed by atoms with Gasteiger partial charge < -0.3 is 0 Å². The molecule has 0 saturated carbocycles. The minimum atomic E-state index is 0.847. The van der Waals surface area contributed by atoms with Crippen LogP contribution in [0.25, 0.3) is 0 Å². The molecule has 11 heavy (non-hydrogen) atoms. The van der Waals surface area contributed by atoms with Gasteiger partial charge in [0.1, 0.15) is 0 Å². The van der Waals surface area contributed by atoms with E-state index < -0.39 is 0 Å². The van der Waals surface area contributed by atoms with Crippen molar-refractivity contribution in [2.75, 3.05) is 5.33 Å². The van der Waals surface area contributed by atoms with Crippen molar-refractivity contribution in [2.45, 2.75) is 33.1 Å². The fourth-order valence-electron chi connectivity index (χ4n) is 1.63. The molecule has 1 aliphatic carbocycles. The van der Waals surface area contributed by atoms with Crippen molar-refractivity contribution in [2.24, 2.45) is 11.8 Å². The summed E-state index contributed by atoms with van der Waals surface area (Å²) in [7, 11) is 0. The van der Waals surface area contributed by atoms with Crippen LogP contribution in [-0.4, -0.2) is 5.33 Å². The summed E-state index contributed by atoms with van der Waals surface area (Å²) in [5.41, 5.74) is 1.59. The van der Waals surface area contributed by atoms with Crippen LogP contribution in [0.3, 0.4) is 0 Å². The van der Waals surface area contributed by atoms with Gasteiger partial charge in [-0.05, 0) is 38.0 Å². The minimum Gasteiger partial charge on any atom is -0.0925 e. The van der Waals surface area contributed by atoms with E-state index in [4.69, 9.17) is 0 Å². The van der Waals surface area contributed by atoms with Gasteiger partial charge in [-0.1, -0.05) is 34.5 Å². The Bertz CT molecular complexity index is 149. The molecule has 0 aliphatic heterocycles. The van der Waals surface area contributed by atoms with E-state index in [9.17, 15) is 0 Å². The Morgan fingerprint density at radius 2 is 2.45 bits per heavy atom. The van der Waals surface area contributed by atoms with Gasteiger partial charge in [0.25, 0.3) is 0 Å². The van der Waals surface area contributed by atoms with Crippen LogP contribution in [0.1, 0.15) is 33.1 Å². The first-order valence-electron chi connectivity index (χ1n) is 4.45. The second-order valence-electron chi connectivity index (χ2n) is 3.72. The molecule has 2 unspecified atom stereocenters. The average molecular weight is 217 g/mol. The van der Waals surface area contributed by atoms with Crippen LogP contribution >= 0.6 is 15.9 Å². The third kappa shape index (κ3) is 2.62. The van der Waals surface area contributed by atoms with Crippen LogP contribution < -0.4 is 0 Å². The van der Waals surface area contributed by atoms with Crippen molar-refractivity contribution in [3.8, 4) is 0 Å². The van der Waals surface area contributed by atoms with E-state index in [-0.39, 0.29) is 0 Å². The van der Waals surface area contributed by atoms with Crippen molar-refractivity contribution >= 4 is 15.9 Å². The van der Waals surface area contributed by atoms with Crippen molar-refractivity contribution in [3.63, 3.8) is 0 Å². The molecule has 0 spiro atoms. The van der Waals surface area contributed by atoms with Gasteiger partial charge in [0.15, 0.2) is 0 Å². The molecule has 0 aromatic rings. The second kappa shape index (κ2) is 4.30. The highest BCUT2D eigenvalue weighted by atomic mass is 79.9. The molecule has 0 saturated heterocycles. The first-order valence-corrected chi connectivity index (χ1v) is 5.57. The van der Waals surface area contributed by atoms with Gasteiger partial charge in [-0.25, -0.2) is 0 Å². The van der Waals surface area contributed by atoms with Crippen molar-refractivity contribution in [1.82, 2.24) is 0 Å². The van der Waals surface area contributed by atoms with Crippen molar-refractivity contribution in [1.29, 1.82) is 0 Å². The molecular weight excluding hydrogens is 200 g/mol. The smallest absolute Gasteiger partial charge is 0.00597 e. The predicted molar refractivity (Wildman–Crippen MR) is 54.1 cm³/mol. The Labute approximate surface area is 78.2 Å². The number of alkyl halides is 1. The van der Waals surface area contributed by atoms with Crippen molar-refractivity contribution in [3.05, 3.63) is 11.6 Å². The standard InChI is InChI=1S/C10H17Br/c1-8-3-5-10(6-4-8)9(2)7-11/h3,9-10H,4-7H2,1-2H3. The third-order valence-electron chi connectivity index (χ3n) is 2.73. The van der Waals surface area contributed by atoms with Gasteiger partial charge in [0, 0.05) is 5.33 Å². The highest BCUT2D eigenvalue weighted by Gasteiger charge is 2.17. The van der Waals surface area contributed by atoms with Crippen LogP contribution in [0.2, 0.25) is 0 Å². The highest BCUT2D eigenvalue weighted by molar-refractivity contribution is 9.09. The summed E-state index contributed by atoms with van der Waals surface area (Å²) in [4.78, 5) is 0. The molecule has 0 fully saturated rings. The summed E-state index contributed by atoms with van der Waals surface area (Å²) in [6.45, 7) is 4.59. The molecular formula is C10H17Br. The van der Waals surface area contributed by atoms with Gasteiger partial charge in [-0.15, -0.1) is 0 Å². The van der Waals surface area contributed by atoms with Crippen LogP contribution in [0.15, 0.2) is 11.6 Å². The normalized spacial score (nSPS) is 27.9. The molecule has 0 nitrogen and oxygen atoms in total. The average Bonchev–Trinajstić information content (AvgIpc) is 2.05. The third-order valence-corrected chi connectivity index (χ3v) is 3.75. The molecule has 1 heteroatoms. The van der Waals surface area contributed by atoms with E-state index in [1.807, 2.05) is 0 Å². The van der Waals surface area contributed by atoms with E-state index in [0.717, 1.165) is 17.2 Å². The summed E-state index contributed by atoms with van der Waals surface area (Å²) >= 11 is 3.54. The molecule has 0 aromatic carbocycles. The zero-order valence-electron chi connectivity index (χ0n) is 7.44. The number of hydrogen-bond acceptors (Lipinski definition) is 0. The molecule has 1 aliphatic rings. The lowest BCUT2D eigenvalue weighted by atomic mass is 9.83. The van der Waals surface area contributed by atoms with E-state index in [0.29, 0.717) is 0 Å². The maximum absolute atomic E-state index is 3.54. The van der Waals surface area contributed by atoms with E-state index in [1.165, 1.54) is 19.3 Å². The monoisotopic (exact) mass is 216 g/mol. The Hall–Kier alpha value is 0.220. The maximum Gasteiger partial charge on any atom is 0.00597 e. The quantitative estimate of drug-likeness (QED) is 0.488. The van der Waals surface area contributed by atoms with Gasteiger partial charge in [0.2, 0.25) is 0 Å². The van der Waals surface area contributed by atoms with Gasteiger partial charge >= 0.3 is 0 Å². The molecule has 2 atom stereocenters. The van der Waals surface area contributed by atoms with E-state index in [1.54, 1.807) is 5.57 Å². The number of rotatable bonds is 2. The first kappa shape index (κ1) is 9.31. The summed E-state index contributed by atoms with van der Waals surface area (Å²) in [6.07, 6.45) is 6.43. The Balaban J connectivity index is 2.40. The summed E-state index contributed by atoms with van der Waals surface area (Å²) in [5, 5.41) is 1.16. The molecule has 0 amide bonds. The van der Waals surface area contributed by atoms with Crippen LogP contribution in [0, 0.1) is 11.8 Å². The molecule has 0 bridgehead atoms. The van der Waals surface area contributed by atoms with Crippen molar-refractivity contribution < 1.29 is 0 Å². The topological polar surface area (TPSA) is 0 Å². The number of hydrogen-bond donors (Lipinski definition) is 0. The summed E-state index contributed by atoms with van der Waals surface area (Å²) < 4.78 is 0. The first-order chi connectivity index (χ1) is 5.24. The Morgan fingerprint density at radius 3 is 2.91 bits per heavy atom. The lowest BCUT2D eigenvalue weighted by molar-refractivity contribution is 0.357. The second-order valence-corrected chi connectivity index (χ2v) is 4.36. The highest BCUT2D eigenvalue weighted by Crippen LogP contribution is 2.29. The van der Waals surface area contributed by atoms with Gasteiger partial charge in [-0.3, -0.25) is 0 Å². The molecule has 64 valence electrons. The predicted octanol–water partition coefficient (Wildman–Crippen LogP) is 3.76. The number of allylic oxidation sites excluding steroid dienone is 2. The zero-order chi connectivity index (χ0) is 8.27. The maximum atomic E-state index is 3.54. The fourth-order valence-corrected chi connectivity index (χ4v) is 2.16. The summed E-state index contributed by atoms with van der Waals surface area (Å²) in [6, 6.07) is 0. The summed E-state index contributed by atoms with van der Waals surface area (Å²) in [5.74, 6) is 1.78. The lowest BCUT2D eigenvalue weighted by Crippen LogP contribution is -2.15. The Morgan fingerprint density at radius 1 is 1.73 bits per heavy atom. The van der Waals surface area contributed by atoms with Crippen LogP contribution in [0.4, 0.5) is 0 Å². The SMILES string of the molecule is CC1=CCC(C(C)CBr)CC1. The molecule has 0 radical (unpaired) electrons. The van der Waals surface area contributed by atoms with Crippen LogP contribution in [-0.2, 0) is 0 Å². The molecule has 0 N–H and O–H groups in total. The largest absolute Gasteiger partial charge is 0.0925 e. The van der Waals surface area contributed by atoms with Gasteiger partial charge in [-0.2, -0.15) is 0 Å². The van der Waals surface area contributed by atoms with E-state index >= 15 is 0 Å². The van der Waals surface area contributed by atoms with Crippen LogP contribution in [0.5, 0.6) is 0 Å². The molecule has 0 aromatic heterocycles. The number of halogens is 1.